The van der Waals surface area contributed by atoms with Crippen molar-refractivity contribution in [3.63, 3.8) is 0 Å². The second-order valence-corrected chi connectivity index (χ2v) is 8.84. The fourth-order valence-electron chi connectivity index (χ4n) is 3.93. The molecule has 1 fully saturated rings. The number of hydrogen-bond donors (Lipinski definition) is 2. The van der Waals surface area contributed by atoms with Crippen LogP contribution in [0.3, 0.4) is 0 Å². The molecule has 0 saturated heterocycles. The standard InChI is InChI=1S/C24H35N5O2/c1-15(2)31-21-9-7-8-18(14-21)23(30)26-19-10-12-20(13-11-19)27-24-25-17(4)16(3)22(28-24)29(5)6/h7-9,14-15,19-20H,10-13H2,1-6H3,(H,26,30)(H,25,27,28). The molecule has 31 heavy (non-hydrogen) atoms. The lowest BCUT2D eigenvalue weighted by Crippen LogP contribution is -2.40. The number of nitrogens with one attached hydrogen (secondary N) is 2. The summed E-state index contributed by atoms with van der Waals surface area (Å²) < 4.78 is 5.70. The van der Waals surface area contributed by atoms with Crippen molar-refractivity contribution >= 4 is 17.7 Å². The topological polar surface area (TPSA) is 79.4 Å². The van der Waals surface area contributed by atoms with Gasteiger partial charge in [-0.2, -0.15) is 4.98 Å². The highest BCUT2D eigenvalue weighted by Crippen LogP contribution is 2.24. The number of anilines is 2. The molecule has 7 nitrogen and oxygen atoms in total. The van der Waals surface area contributed by atoms with Gasteiger partial charge in [-0.3, -0.25) is 4.79 Å². The third-order valence-corrected chi connectivity index (χ3v) is 5.65. The Kier molecular flexibility index (Phi) is 7.36. The highest BCUT2D eigenvalue weighted by atomic mass is 16.5. The second-order valence-electron chi connectivity index (χ2n) is 8.84. The molecule has 1 amide bonds. The van der Waals surface area contributed by atoms with Gasteiger partial charge in [0.15, 0.2) is 0 Å². The number of hydrogen-bond acceptors (Lipinski definition) is 6. The fraction of sp³-hybridized carbons (Fsp3) is 0.542. The van der Waals surface area contributed by atoms with Crippen LogP contribution in [-0.4, -0.2) is 48.2 Å². The number of amides is 1. The summed E-state index contributed by atoms with van der Waals surface area (Å²) in [4.78, 5) is 24.0. The summed E-state index contributed by atoms with van der Waals surface area (Å²) in [5, 5.41) is 6.68. The molecule has 0 radical (unpaired) electrons. The van der Waals surface area contributed by atoms with Crippen LogP contribution in [0, 0.1) is 13.8 Å². The average Bonchev–Trinajstić information content (AvgIpc) is 2.71. The van der Waals surface area contributed by atoms with E-state index in [2.05, 4.69) is 20.6 Å². The van der Waals surface area contributed by atoms with Crippen molar-refractivity contribution in [3.05, 3.63) is 41.1 Å². The van der Waals surface area contributed by atoms with Crippen LogP contribution in [0.5, 0.6) is 5.75 Å². The molecule has 0 bridgehead atoms. The van der Waals surface area contributed by atoms with E-state index in [4.69, 9.17) is 4.74 Å². The molecule has 3 rings (SSSR count). The minimum absolute atomic E-state index is 0.0428. The Morgan fingerprint density at radius 2 is 1.77 bits per heavy atom. The number of carbonyl (C=O) groups is 1. The summed E-state index contributed by atoms with van der Waals surface area (Å²) in [5.41, 5.74) is 2.73. The van der Waals surface area contributed by atoms with E-state index in [1.54, 1.807) is 0 Å². The van der Waals surface area contributed by atoms with Crippen LogP contribution in [0.1, 0.15) is 61.1 Å². The van der Waals surface area contributed by atoms with Gasteiger partial charge in [0, 0.05) is 43.0 Å². The first-order valence-corrected chi connectivity index (χ1v) is 11.1. The molecule has 0 aliphatic heterocycles. The number of aryl methyl sites for hydroxylation is 1. The normalized spacial score (nSPS) is 18.5. The van der Waals surface area contributed by atoms with Gasteiger partial charge in [0.25, 0.3) is 5.91 Å². The molecule has 2 aromatic rings. The SMILES string of the molecule is Cc1nc(NC2CCC(NC(=O)c3cccc(OC(C)C)c3)CC2)nc(N(C)C)c1C. The van der Waals surface area contributed by atoms with Crippen LogP contribution in [-0.2, 0) is 0 Å². The first-order chi connectivity index (χ1) is 14.7. The minimum Gasteiger partial charge on any atom is -0.491 e. The predicted molar refractivity (Wildman–Crippen MR) is 125 cm³/mol. The first-order valence-electron chi connectivity index (χ1n) is 11.1. The maximum absolute atomic E-state index is 12.7. The van der Waals surface area contributed by atoms with Crippen molar-refractivity contribution in [1.82, 2.24) is 15.3 Å². The lowest BCUT2D eigenvalue weighted by Gasteiger charge is -2.30. The van der Waals surface area contributed by atoms with Gasteiger partial charge in [-0.25, -0.2) is 4.98 Å². The first kappa shape index (κ1) is 22.8. The molecule has 1 aromatic carbocycles. The van der Waals surface area contributed by atoms with Crippen molar-refractivity contribution in [1.29, 1.82) is 0 Å². The van der Waals surface area contributed by atoms with Crippen molar-refractivity contribution in [2.45, 2.75) is 71.6 Å². The summed E-state index contributed by atoms with van der Waals surface area (Å²) in [7, 11) is 3.99. The van der Waals surface area contributed by atoms with Gasteiger partial charge >= 0.3 is 0 Å². The molecule has 1 aliphatic rings. The lowest BCUT2D eigenvalue weighted by atomic mass is 9.91. The van der Waals surface area contributed by atoms with Crippen LogP contribution in [0.2, 0.25) is 0 Å². The molecule has 0 atom stereocenters. The quantitative estimate of drug-likeness (QED) is 0.695. The largest absolute Gasteiger partial charge is 0.491 e. The minimum atomic E-state index is -0.0428. The van der Waals surface area contributed by atoms with E-state index in [-0.39, 0.29) is 18.1 Å². The van der Waals surface area contributed by atoms with Crippen LogP contribution in [0.4, 0.5) is 11.8 Å². The Morgan fingerprint density at radius 3 is 2.42 bits per heavy atom. The Hall–Kier alpha value is -2.83. The molecule has 0 unspecified atom stereocenters. The number of aromatic nitrogens is 2. The van der Waals surface area contributed by atoms with Gasteiger partial charge in [-0.15, -0.1) is 0 Å². The monoisotopic (exact) mass is 425 g/mol. The van der Waals surface area contributed by atoms with Gasteiger partial charge in [-0.1, -0.05) is 6.07 Å². The fourth-order valence-corrected chi connectivity index (χ4v) is 3.93. The Morgan fingerprint density at radius 1 is 1.10 bits per heavy atom. The van der Waals surface area contributed by atoms with Crippen LogP contribution >= 0.6 is 0 Å². The number of ether oxygens (including phenoxy) is 1. The third-order valence-electron chi connectivity index (χ3n) is 5.65. The molecular formula is C24H35N5O2. The van der Waals surface area contributed by atoms with Crippen LogP contribution in [0.25, 0.3) is 0 Å². The van der Waals surface area contributed by atoms with Crippen molar-refractivity contribution in [2.75, 3.05) is 24.3 Å². The van der Waals surface area contributed by atoms with E-state index in [1.807, 2.05) is 71.0 Å². The van der Waals surface area contributed by atoms with E-state index in [9.17, 15) is 4.79 Å². The molecule has 0 spiro atoms. The Labute approximate surface area is 185 Å². The van der Waals surface area contributed by atoms with Crippen molar-refractivity contribution < 1.29 is 9.53 Å². The van der Waals surface area contributed by atoms with Crippen molar-refractivity contribution in [2.24, 2.45) is 0 Å². The zero-order valence-corrected chi connectivity index (χ0v) is 19.5. The molecule has 1 saturated carbocycles. The van der Waals surface area contributed by atoms with Crippen LogP contribution < -0.4 is 20.3 Å². The summed E-state index contributed by atoms with van der Waals surface area (Å²) in [6, 6.07) is 7.87. The average molecular weight is 426 g/mol. The summed E-state index contributed by atoms with van der Waals surface area (Å²) in [6.45, 7) is 8.02. The smallest absolute Gasteiger partial charge is 0.251 e. The molecule has 1 aliphatic carbocycles. The summed E-state index contributed by atoms with van der Waals surface area (Å²) in [5.74, 6) is 2.31. The molecule has 7 heteroatoms. The van der Waals surface area contributed by atoms with Gasteiger partial charge in [0.05, 0.1) is 6.10 Å². The maximum Gasteiger partial charge on any atom is 0.251 e. The van der Waals surface area contributed by atoms with Crippen LogP contribution in [0.15, 0.2) is 24.3 Å². The third kappa shape index (κ3) is 6.09. The molecule has 1 aromatic heterocycles. The Bertz CT molecular complexity index is 905. The number of carbonyl (C=O) groups excluding carboxylic acids is 1. The molecule has 1 heterocycles. The zero-order chi connectivity index (χ0) is 22.5. The van der Waals surface area contributed by atoms with Gasteiger partial charge in [0.2, 0.25) is 5.95 Å². The highest BCUT2D eigenvalue weighted by molar-refractivity contribution is 5.94. The molecule has 168 valence electrons. The Balaban J connectivity index is 1.54. The van der Waals surface area contributed by atoms with Gasteiger partial charge in [0.1, 0.15) is 11.6 Å². The van der Waals surface area contributed by atoms with Crippen molar-refractivity contribution in [3.8, 4) is 5.75 Å². The number of benzene rings is 1. The van der Waals surface area contributed by atoms with E-state index < -0.39 is 0 Å². The maximum atomic E-state index is 12.7. The zero-order valence-electron chi connectivity index (χ0n) is 19.5. The number of nitrogens with zero attached hydrogens (tertiary/aromatic N) is 3. The van der Waals surface area contributed by atoms with Gasteiger partial charge < -0.3 is 20.3 Å². The summed E-state index contributed by atoms with van der Waals surface area (Å²) in [6.07, 6.45) is 3.87. The lowest BCUT2D eigenvalue weighted by molar-refractivity contribution is 0.0925. The van der Waals surface area contributed by atoms with E-state index in [0.29, 0.717) is 17.6 Å². The van der Waals surface area contributed by atoms with E-state index >= 15 is 0 Å². The van der Waals surface area contributed by atoms with E-state index in [1.165, 1.54) is 0 Å². The second kappa shape index (κ2) is 9.98. The highest BCUT2D eigenvalue weighted by Gasteiger charge is 2.24. The number of rotatable bonds is 7. The molecule has 2 N–H and O–H groups in total. The van der Waals surface area contributed by atoms with E-state index in [0.717, 1.165) is 48.5 Å². The summed E-state index contributed by atoms with van der Waals surface area (Å²) >= 11 is 0. The predicted octanol–water partition coefficient (Wildman–Crippen LogP) is 4.10. The molecular weight excluding hydrogens is 390 g/mol. The van der Waals surface area contributed by atoms with Gasteiger partial charge in [-0.05, 0) is 71.6 Å².